The summed E-state index contributed by atoms with van der Waals surface area (Å²) < 4.78 is 7.21. The van der Waals surface area contributed by atoms with Crippen LogP contribution in [0, 0.1) is 13.8 Å². The molecule has 1 N–H and O–H groups in total. The molecule has 5 rings (SSSR count). The zero-order valence-electron chi connectivity index (χ0n) is 19.4. The Morgan fingerprint density at radius 3 is 2.59 bits per heavy atom. The second-order valence-corrected chi connectivity index (χ2v) is 8.51. The van der Waals surface area contributed by atoms with Gasteiger partial charge in [0.25, 0.3) is 5.91 Å². The fraction of sp³-hybridized carbons (Fsp3) is 0.308. The number of hydrogen-bond acceptors (Lipinski definition) is 5. The molecule has 1 aliphatic heterocycles. The zero-order chi connectivity index (χ0) is 23.7. The zero-order valence-corrected chi connectivity index (χ0v) is 19.4. The average Bonchev–Trinajstić information content (AvgIpc) is 3.23. The van der Waals surface area contributed by atoms with E-state index in [0.29, 0.717) is 44.0 Å². The number of carbonyl (C=O) groups excluding carboxylic acids is 2. The van der Waals surface area contributed by atoms with E-state index >= 15 is 0 Å². The predicted octanol–water partition coefficient (Wildman–Crippen LogP) is 3.54. The van der Waals surface area contributed by atoms with Crippen LogP contribution in [0.2, 0.25) is 0 Å². The van der Waals surface area contributed by atoms with E-state index < -0.39 is 0 Å². The molecule has 0 saturated carbocycles. The second kappa shape index (κ2) is 9.23. The summed E-state index contributed by atoms with van der Waals surface area (Å²) in [6, 6.07) is 15.1. The molecule has 8 nitrogen and oxygen atoms in total. The minimum Gasteiger partial charge on any atom is -0.378 e. The Morgan fingerprint density at radius 1 is 1.03 bits per heavy atom. The number of fused-ring (bicyclic) bond motifs is 3. The number of hydrogen-bond donors (Lipinski definition) is 1. The summed E-state index contributed by atoms with van der Waals surface area (Å²) in [5, 5.41) is 8.64. The summed E-state index contributed by atoms with van der Waals surface area (Å²) >= 11 is 0. The third kappa shape index (κ3) is 4.12. The molecule has 3 heterocycles. The van der Waals surface area contributed by atoms with Gasteiger partial charge in [-0.15, -0.1) is 0 Å². The lowest BCUT2D eigenvalue weighted by atomic mass is 10.1. The number of aryl methyl sites for hydroxylation is 2. The maximum Gasteiger partial charge on any atom is 0.256 e. The first kappa shape index (κ1) is 22.0. The van der Waals surface area contributed by atoms with Gasteiger partial charge in [0, 0.05) is 36.3 Å². The average molecular weight is 458 g/mol. The SMILES string of the molecule is Cc1nc2c3ccccc3nn2c(C)c1CCC(=O)Nc1ccccc1C(=O)N1CCOCC1. The molecule has 174 valence electrons. The summed E-state index contributed by atoms with van der Waals surface area (Å²) in [5.74, 6) is -0.238. The van der Waals surface area contributed by atoms with E-state index in [9.17, 15) is 9.59 Å². The van der Waals surface area contributed by atoms with Crippen LogP contribution in [0.4, 0.5) is 5.69 Å². The van der Waals surface area contributed by atoms with Crippen LogP contribution in [0.15, 0.2) is 48.5 Å². The molecule has 1 saturated heterocycles. The molecule has 1 fully saturated rings. The highest BCUT2D eigenvalue weighted by atomic mass is 16.5. The van der Waals surface area contributed by atoms with Gasteiger partial charge in [0.05, 0.1) is 30.0 Å². The highest BCUT2D eigenvalue weighted by Crippen LogP contribution is 2.23. The van der Waals surface area contributed by atoms with E-state index in [0.717, 1.165) is 33.5 Å². The van der Waals surface area contributed by atoms with Gasteiger partial charge in [0.2, 0.25) is 5.91 Å². The van der Waals surface area contributed by atoms with Crippen LogP contribution in [0.25, 0.3) is 16.6 Å². The van der Waals surface area contributed by atoms with Crippen LogP contribution in [0.5, 0.6) is 0 Å². The molecule has 0 bridgehead atoms. The van der Waals surface area contributed by atoms with Crippen molar-refractivity contribution in [3.8, 4) is 0 Å². The molecule has 1 aliphatic rings. The first-order chi connectivity index (χ1) is 16.5. The normalized spacial score (nSPS) is 14.0. The summed E-state index contributed by atoms with van der Waals surface area (Å²) in [6.45, 7) is 6.15. The number of anilines is 1. The van der Waals surface area contributed by atoms with Crippen LogP contribution in [0.3, 0.4) is 0 Å². The van der Waals surface area contributed by atoms with Gasteiger partial charge in [-0.1, -0.05) is 24.3 Å². The molecular weight excluding hydrogens is 430 g/mol. The Kier molecular flexibility index (Phi) is 5.98. The second-order valence-electron chi connectivity index (χ2n) is 8.51. The Labute approximate surface area is 197 Å². The standard InChI is InChI=1S/C26H27N5O3/c1-17-19(18(2)31-25(27-17)20-7-3-6-10-23(20)29-31)11-12-24(32)28-22-9-5-4-8-21(22)26(33)30-13-15-34-16-14-30/h3-10H,11-16H2,1-2H3,(H,28,32). The topological polar surface area (TPSA) is 88.8 Å². The van der Waals surface area contributed by atoms with Gasteiger partial charge in [-0.25, -0.2) is 9.50 Å². The van der Waals surface area contributed by atoms with Crippen molar-refractivity contribution in [3.63, 3.8) is 0 Å². The number of aromatic nitrogens is 3. The third-order valence-electron chi connectivity index (χ3n) is 6.35. The van der Waals surface area contributed by atoms with E-state index in [4.69, 9.17) is 9.72 Å². The van der Waals surface area contributed by atoms with E-state index in [1.165, 1.54) is 0 Å². The van der Waals surface area contributed by atoms with Crippen molar-refractivity contribution >= 4 is 34.1 Å². The van der Waals surface area contributed by atoms with E-state index in [2.05, 4.69) is 10.4 Å². The Balaban J connectivity index is 1.33. The number of nitrogens with zero attached hydrogens (tertiary/aromatic N) is 4. The van der Waals surface area contributed by atoms with Crippen molar-refractivity contribution < 1.29 is 14.3 Å². The molecule has 0 aliphatic carbocycles. The maximum absolute atomic E-state index is 13.0. The van der Waals surface area contributed by atoms with Crippen molar-refractivity contribution in [2.24, 2.45) is 0 Å². The van der Waals surface area contributed by atoms with Crippen molar-refractivity contribution in [2.75, 3.05) is 31.6 Å². The molecule has 0 atom stereocenters. The minimum absolute atomic E-state index is 0.0914. The molecule has 0 radical (unpaired) electrons. The highest BCUT2D eigenvalue weighted by molar-refractivity contribution is 6.03. The number of rotatable bonds is 5. The third-order valence-corrected chi connectivity index (χ3v) is 6.35. The quantitative estimate of drug-likeness (QED) is 0.495. The molecule has 4 aromatic rings. The Morgan fingerprint density at radius 2 is 1.76 bits per heavy atom. The van der Waals surface area contributed by atoms with Gasteiger partial charge < -0.3 is 15.0 Å². The fourth-order valence-electron chi connectivity index (χ4n) is 4.50. The minimum atomic E-state index is -0.147. The van der Waals surface area contributed by atoms with Gasteiger partial charge in [0.1, 0.15) is 0 Å². The fourth-order valence-corrected chi connectivity index (χ4v) is 4.50. The van der Waals surface area contributed by atoms with Gasteiger partial charge in [-0.05, 0) is 50.1 Å². The number of carbonyl (C=O) groups is 2. The van der Waals surface area contributed by atoms with Crippen LogP contribution in [-0.4, -0.2) is 57.6 Å². The first-order valence-electron chi connectivity index (χ1n) is 11.5. The molecule has 8 heteroatoms. The molecular formula is C26H27N5O3. The smallest absolute Gasteiger partial charge is 0.256 e. The number of morpholine rings is 1. The van der Waals surface area contributed by atoms with Crippen LogP contribution < -0.4 is 5.32 Å². The summed E-state index contributed by atoms with van der Waals surface area (Å²) in [7, 11) is 0. The lowest BCUT2D eigenvalue weighted by Gasteiger charge is -2.27. The summed E-state index contributed by atoms with van der Waals surface area (Å²) in [5.41, 5.74) is 5.64. The van der Waals surface area contributed by atoms with Gasteiger partial charge in [0.15, 0.2) is 5.65 Å². The van der Waals surface area contributed by atoms with E-state index in [-0.39, 0.29) is 18.2 Å². The molecule has 0 spiro atoms. The lowest BCUT2D eigenvalue weighted by Crippen LogP contribution is -2.41. The highest BCUT2D eigenvalue weighted by Gasteiger charge is 2.22. The summed E-state index contributed by atoms with van der Waals surface area (Å²) in [6.07, 6.45) is 0.804. The van der Waals surface area contributed by atoms with Crippen LogP contribution >= 0.6 is 0 Å². The van der Waals surface area contributed by atoms with Crippen molar-refractivity contribution in [3.05, 3.63) is 71.0 Å². The van der Waals surface area contributed by atoms with Gasteiger partial charge in [-0.2, -0.15) is 5.10 Å². The Hall–Kier alpha value is -3.78. The number of benzene rings is 2. The molecule has 34 heavy (non-hydrogen) atoms. The lowest BCUT2D eigenvalue weighted by molar-refractivity contribution is -0.116. The van der Waals surface area contributed by atoms with Gasteiger partial charge in [-0.3, -0.25) is 9.59 Å². The molecule has 0 unspecified atom stereocenters. The van der Waals surface area contributed by atoms with Crippen molar-refractivity contribution in [2.45, 2.75) is 26.7 Å². The number of amides is 2. The monoisotopic (exact) mass is 457 g/mol. The van der Waals surface area contributed by atoms with Crippen LogP contribution in [0.1, 0.15) is 33.7 Å². The number of ether oxygens (including phenoxy) is 1. The molecule has 2 amide bonds. The van der Waals surface area contributed by atoms with E-state index in [1.54, 1.807) is 17.0 Å². The van der Waals surface area contributed by atoms with Crippen LogP contribution in [-0.2, 0) is 16.0 Å². The first-order valence-corrected chi connectivity index (χ1v) is 11.5. The van der Waals surface area contributed by atoms with Gasteiger partial charge >= 0.3 is 0 Å². The maximum atomic E-state index is 13.0. The number of nitrogens with one attached hydrogen (secondary N) is 1. The summed E-state index contributed by atoms with van der Waals surface area (Å²) in [4.78, 5) is 32.4. The van der Waals surface area contributed by atoms with E-state index in [1.807, 2.05) is 54.8 Å². The van der Waals surface area contributed by atoms with Crippen molar-refractivity contribution in [1.29, 1.82) is 0 Å². The molecule has 2 aromatic heterocycles. The largest absolute Gasteiger partial charge is 0.378 e. The van der Waals surface area contributed by atoms with Crippen molar-refractivity contribution in [1.82, 2.24) is 19.5 Å². The molecule has 2 aromatic carbocycles. The predicted molar refractivity (Wildman–Crippen MR) is 130 cm³/mol. The Bertz CT molecular complexity index is 1390. The number of para-hydroxylation sites is 1.